The zero-order valence-electron chi connectivity index (χ0n) is 26.6. The van der Waals surface area contributed by atoms with Crippen LogP contribution in [0.15, 0.2) is 102 Å². The van der Waals surface area contributed by atoms with E-state index in [1.807, 2.05) is 0 Å². The second-order valence-corrected chi connectivity index (χ2v) is 44.7. The molecule has 0 saturated heterocycles. The normalized spacial score (nSPS) is 17.5. The van der Waals surface area contributed by atoms with Crippen molar-refractivity contribution in [2.45, 2.75) is 57.1 Å². The molecule has 2 aliphatic carbocycles. The van der Waals surface area contributed by atoms with E-state index in [-0.39, 0.29) is 24.8 Å². The van der Waals surface area contributed by atoms with Gasteiger partial charge in [0, 0.05) is 0 Å². The van der Waals surface area contributed by atoms with Crippen molar-refractivity contribution in [3.63, 3.8) is 0 Å². The third kappa shape index (κ3) is 5.68. The van der Waals surface area contributed by atoms with Gasteiger partial charge in [-0.1, -0.05) is 0 Å². The quantitative estimate of drug-likeness (QED) is 0.175. The fraction of sp³-hybridized carbons (Fsp3) is 0.282. The van der Waals surface area contributed by atoms with E-state index in [9.17, 15) is 0 Å². The zero-order chi connectivity index (χ0) is 29.1. The molecule has 43 heavy (non-hydrogen) atoms. The maximum atomic E-state index is 2.78. The van der Waals surface area contributed by atoms with Crippen LogP contribution in [0.5, 0.6) is 0 Å². The topological polar surface area (TPSA) is 0 Å². The molecule has 224 valence electrons. The van der Waals surface area contributed by atoms with Gasteiger partial charge in [0.1, 0.15) is 0 Å². The fourth-order valence-electron chi connectivity index (χ4n) is 8.28. The van der Waals surface area contributed by atoms with E-state index in [4.69, 9.17) is 0 Å². The first-order valence-corrected chi connectivity index (χ1v) is 29.0. The Bertz CT molecular complexity index is 1780. The molecule has 0 fully saturated rings. The van der Waals surface area contributed by atoms with Gasteiger partial charge in [0.2, 0.25) is 0 Å². The van der Waals surface area contributed by atoms with Crippen molar-refractivity contribution in [1.29, 1.82) is 0 Å². The minimum Gasteiger partial charge on any atom is -0.147 e. The van der Waals surface area contributed by atoms with Crippen LogP contribution in [0.1, 0.15) is 75.6 Å². The molecule has 2 unspecified atom stereocenters. The molecule has 2 atom stereocenters. The summed E-state index contributed by atoms with van der Waals surface area (Å²) in [4.78, 5) is 0. The van der Waals surface area contributed by atoms with Crippen molar-refractivity contribution in [2.24, 2.45) is 5.92 Å². The Morgan fingerprint density at radius 3 is 1.70 bits per heavy atom. The maximum Gasteiger partial charge on any atom is -0.147 e. The average molecular weight is 705 g/mol. The molecule has 4 heteroatoms. The Morgan fingerprint density at radius 1 is 0.605 bits per heavy atom. The van der Waals surface area contributed by atoms with Crippen LogP contribution in [-0.4, -0.2) is 6.88 Å². The second kappa shape index (κ2) is 12.4. The first kappa shape index (κ1) is 33.9. The molecule has 6 rings (SSSR count). The summed E-state index contributed by atoms with van der Waals surface area (Å²) in [6, 6.07) is 34.0. The molecule has 0 N–H and O–H groups in total. The van der Waals surface area contributed by atoms with Gasteiger partial charge in [-0.3, -0.25) is 0 Å². The van der Waals surface area contributed by atoms with E-state index in [1.165, 1.54) is 33.4 Å². The van der Waals surface area contributed by atoms with Gasteiger partial charge in [-0.05, 0) is 0 Å². The van der Waals surface area contributed by atoms with Gasteiger partial charge in [-0.25, -0.2) is 0 Å². The monoisotopic (exact) mass is 702 g/mol. The van der Waals surface area contributed by atoms with Gasteiger partial charge < -0.3 is 0 Å². The van der Waals surface area contributed by atoms with Crippen LogP contribution in [0.3, 0.4) is 0 Å². The summed E-state index contributed by atoms with van der Waals surface area (Å²) >= 11 is -3.68. The molecule has 0 saturated carbocycles. The van der Waals surface area contributed by atoms with Crippen molar-refractivity contribution < 1.29 is 17.4 Å². The number of benzene rings is 4. The van der Waals surface area contributed by atoms with E-state index < -0.39 is 17.4 Å². The van der Waals surface area contributed by atoms with Gasteiger partial charge in [-0.2, -0.15) is 0 Å². The first-order chi connectivity index (χ1) is 19.5. The molecule has 0 bridgehead atoms. The Morgan fingerprint density at radius 2 is 1.16 bits per heavy atom. The number of fused-ring (bicyclic) bond motifs is 2. The van der Waals surface area contributed by atoms with Crippen molar-refractivity contribution in [2.75, 3.05) is 0 Å². The smallest absolute Gasteiger partial charge is 0.147 e. The summed E-state index contributed by atoms with van der Waals surface area (Å²) in [7, 11) is 0. The van der Waals surface area contributed by atoms with Crippen molar-refractivity contribution >= 4 is 43.8 Å². The third-order valence-corrected chi connectivity index (χ3v) is 27.5. The number of rotatable bonds is 6. The van der Waals surface area contributed by atoms with Crippen LogP contribution < -0.4 is 0 Å². The number of allylic oxidation sites excluding steroid dienone is 2. The predicted octanol–water partition coefficient (Wildman–Crippen LogP) is 11.6. The van der Waals surface area contributed by atoms with E-state index >= 15 is 0 Å². The zero-order valence-corrected chi connectivity index (χ0v) is 32.2. The molecule has 0 radical (unpaired) electrons. The minimum atomic E-state index is -3.68. The molecule has 0 spiro atoms. The van der Waals surface area contributed by atoms with Crippen molar-refractivity contribution in [3.05, 3.63) is 130 Å². The van der Waals surface area contributed by atoms with Crippen LogP contribution in [-0.2, 0) is 17.4 Å². The molecule has 0 heterocycles. The van der Waals surface area contributed by atoms with E-state index in [0.717, 1.165) is 0 Å². The van der Waals surface area contributed by atoms with Gasteiger partial charge in [0.05, 0.1) is 0 Å². The van der Waals surface area contributed by atoms with E-state index in [1.54, 1.807) is 27.8 Å². The van der Waals surface area contributed by atoms with Gasteiger partial charge in [0.25, 0.3) is 0 Å². The number of hydrogen-bond donors (Lipinski definition) is 0. The number of halogens is 2. The second-order valence-electron chi connectivity index (χ2n) is 14.2. The molecule has 0 amide bonds. The molecule has 2 aliphatic rings. The molecular formula is C39H46Cl2SiZr. The molecule has 4 aromatic carbocycles. The standard InChI is InChI=1S/C19H19.C18H17.2CH3.2ClH.H2Si.Zr/c1-13(2)16-9-10-17(15-7-5-4-6-8-15)19-12-14(3)11-18(16)19;1-13(2)16-11-15-9-6-10-17(18(15)12-16)14-7-4-3-5-8-14;;;;;;/h4-13H,1-3H3;3-13H,1-2H3;2*1H3;2*1H;1H2;. The first-order valence-electron chi connectivity index (χ1n) is 15.4. The Labute approximate surface area is 274 Å². The van der Waals surface area contributed by atoms with Crippen molar-refractivity contribution in [3.8, 4) is 22.3 Å². The van der Waals surface area contributed by atoms with Crippen LogP contribution in [0.25, 0.3) is 34.4 Å². The molecular weight excluding hydrogens is 659 g/mol. The Kier molecular flexibility index (Phi) is 9.81. The van der Waals surface area contributed by atoms with E-state index in [0.29, 0.717) is 19.1 Å². The molecule has 0 nitrogen and oxygen atoms in total. The Hall–Kier alpha value is -1.96. The van der Waals surface area contributed by atoms with Crippen LogP contribution in [0, 0.1) is 5.92 Å². The van der Waals surface area contributed by atoms with Gasteiger partial charge >= 0.3 is 252 Å². The summed E-state index contributed by atoms with van der Waals surface area (Å²) in [5, 5.41) is 0. The third-order valence-electron chi connectivity index (χ3n) is 9.89. The Balaban J connectivity index is 0.00000212. The summed E-state index contributed by atoms with van der Waals surface area (Å²) in [5.41, 5.74) is 16.3. The van der Waals surface area contributed by atoms with Crippen molar-refractivity contribution in [1.82, 2.24) is 0 Å². The fourth-order valence-corrected chi connectivity index (χ4v) is 28.8. The largest absolute Gasteiger partial charge is 0.147 e. The van der Waals surface area contributed by atoms with Gasteiger partial charge in [-0.15, -0.1) is 24.8 Å². The van der Waals surface area contributed by atoms with Crippen LogP contribution in [0.4, 0.5) is 0 Å². The summed E-state index contributed by atoms with van der Waals surface area (Å²) in [6.45, 7) is 14.5. The molecule has 0 aliphatic heterocycles. The minimum absolute atomic E-state index is 0. The SMILES string of the molecule is CC1=Cc2c(-c3ccccc3)ccc(C(C)C)c2[CH]1[Zr]([CH3])([CH3])(=[SiH2])[CH]1C(C(C)C)=Cc2c(-c3ccccc3)cccc21.Cl.Cl. The summed E-state index contributed by atoms with van der Waals surface area (Å²) in [6.07, 6.45) is 5.16. The average Bonchev–Trinajstić information content (AvgIpc) is 3.53. The van der Waals surface area contributed by atoms with Crippen LogP contribution >= 0.6 is 24.8 Å². The van der Waals surface area contributed by atoms with E-state index in [2.05, 4.69) is 154 Å². The predicted molar refractivity (Wildman–Crippen MR) is 195 cm³/mol. The summed E-state index contributed by atoms with van der Waals surface area (Å²) in [5.74, 6) is 1.00. The molecule has 4 aromatic rings. The number of hydrogen-bond acceptors (Lipinski definition) is 0. The van der Waals surface area contributed by atoms with Crippen LogP contribution in [0.2, 0.25) is 9.26 Å². The molecule has 0 aromatic heterocycles. The van der Waals surface area contributed by atoms with Gasteiger partial charge in [0.15, 0.2) is 0 Å². The summed E-state index contributed by atoms with van der Waals surface area (Å²) < 4.78 is 6.60. The maximum absolute atomic E-state index is 3.68.